The minimum absolute atomic E-state index is 0.00959. The van der Waals surface area contributed by atoms with Gasteiger partial charge < -0.3 is 67.8 Å². The maximum atomic E-state index is 13.5. The molecule has 8 unspecified atom stereocenters. The van der Waals surface area contributed by atoms with Crippen LogP contribution in [-0.2, 0) is 54.1 Å². The third-order valence-corrected chi connectivity index (χ3v) is 11.1. The standard InChI is InChI=1S/C40H68O16/c1-23(2)38(5,6)56-32-30(44)31(45)34(54-33(32)36(47)52-22-25-15-13-18-50-25)40(9,10)53-19-16-37(3,4)55-26(20-41)28(42)29(43)27(39(7,8)48-11)35(46)51-21-24-14-12-17-49-24/h13,15,18,23-24,26-34,41-45H,12,14,16-17,19-22H2,1-11H3/t24?,26-,27?,28?,29?,30?,31?,32+,33?,34?/m1/s1. The molecule has 1 aromatic rings. The molecule has 2 aliphatic rings. The lowest BCUT2D eigenvalue weighted by Gasteiger charge is -2.49. The van der Waals surface area contributed by atoms with E-state index in [-0.39, 0.29) is 38.3 Å². The summed E-state index contributed by atoms with van der Waals surface area (Å²) < 4.78 is 52.1. The number of hydrogen-bond donors (Lipinski definition) is 5. The third-order valence-electron chi connectivity index (χ3n) is 11.1. The first-order chi connectivity index (χ1) is 26.0. The molecular formula is C40H68O16. The molecule has 0 aromatic carbocycles. The summed E-state index contributed by atoms with van der Waals surface area (Å²) >= 11 is 0. The fourth-order valence-electron chi connectivity index (χ4n) is 6.62. The van der Waals surface area contributed by atoms with Gasteiger partial charge in [-0.3, -0.25) is 4.79 Å². The Morgan fingerprint density at radius 3 is 2.20 bits per heavy atom. The largest absolute Gasteiger partial charge is 0.466 e. The van der Waals surface area contributed by atoms with Crippen molar-refractivity contribution >= 4 is 11.9 Å². The van der Waals surface area contributed by atoms with E-state index in [1.165, 1.54) is 13.4 Å². The van der Waals surface area contributed by atoms with Crippen LogP contribution >= 0.6 is 0 Å². The molecule has 0 saturated carbocycles. The van der Waals surface area contributed by atoms with E-state index in [0.29, 0.717) is 12.4 Å². The van der Waals surface area contributed by atoms with Crippen molar-refractivity contribution in [1.29, 1.82) is 0 Å². The van der Waals surface area contributed by atoms with E-state index < -0.39 is 95.7 Å². The topological polar surface area (TPSA) is 222 Å². The van der Waals surface area contributed by atoms with E-state index in [4.69, 9.17) is 42.3 Å². The van der Waals surface area contributed by atoms with Crippen LogP contribution in [0.1, 0.15) is 94.3 Å². The van der Waals surface area contributed by atoms with Crippen LogP contribution in [0.5, 0.6) is 0 Å². The minimum Gasteiger partial charge on any atom is -0.466 e. The second-order valence-electron chi connectivity index (χ2n) is 17.3. The highest BCUT2D eigenvalue weighted by Crippen LogP contribution is 2.36. The smallest absolute Gasteiger partial charge is 0.338 e. The van der Waals surface area contributed by atoms with Crippen molar-refractivity contribution in [2.45, 2.75) is 172 Å². The van der Waals surface area contributed by atoms with E-state index in [1.807, 2.05) is 27.7 Å². The van der Waals surface area contributed by atoms with Gasteiger partial charge in [-0.05, 0) is 92.7 Å². The lowest BCUT2D eigenvalue weighted by Crippen LogP contribution is -2.67. The van der Waals surface area contributed by atoms with Gasteiger partial charge in [0.05, 0.1) is 54.1 Å². The summed E-state index contributed by atoms with van der Waals surface area (Å²) in [6.45, 7) is 17.0. The lowest BCUT2D eigenvalue weighted by molar-refractivity contribution is -0.291. The second kappa shape index (κ2) is 20.2. The number of aliphatic hydroxyl groups is 5. The first kappa shape index (κ1) is 48.2. The van der Waals surface area contributed by atoms with Crippen molar-refractivity contribution in [2.75, 3.05) is 33.5 Å². The van der Waals surface area contributed by atoms with Crippen LogP contribution in [0.4, 0.5) is 0 Å². The molecule has 16 nitrogen and oxygen atoms in total. The van der Waals surface area contributed by atoms with E-state index in [9.17, 15) is 35.1 Å². The summed E-state index contributed by atoms with van der Waals surface area (Å²) in [7, 11) is 1.37. The first-order valence-corrected chi connectivity index (χ1v) is 19.5. The first-order valence-electron chi connectivity index (χ1n) is 19.5. The summed E-state index contributed by atoms with van der Waals surface area (Å²) in [4.78, 5) is 26.8. The van der Waals surface area contributed by atoms with Crippen LogP contribution in [0.3, 0.4) is 0 Å². The Hall–Kier alpha value is -2.22. The number of furan rings is 1. The van der Waals surface area contributed by atoms with Crippen LogP contribution in [-0.4, -0.2) is 148 Å². The van der Waals surface area contributed by atoms with Gasteiger partial charge in [-0.2, -0.15) is 0 Å². The summed E-state index contributed by atoms with van der Waals surface area (Å²) in [6.07, 6.45) is -8.92. The molecule has 16 heteroatoms. The number of carbonyl (C=O) groups is 2. The molecular weight excluding hydrogens is 736 g/mol. The monoisotopic (exact) mass is 804 g/mol. The zero-order valence-corrected chi connectivity index (χ0v) is 35.0. The Labute approximate surface area is 331 Å². The van der Waals surface area contributed by atoms with Gasteiger partial charge in [0.1, 0.15) is 61.5 Å². The average Bonchev–Trinajstić information content (AvgIpc) is 3.85. The van der Waals surface area contributed by atoms with Crippen LogP contribution in [0.2, 0.25) is 0 Å². The third kappa shape index (κ3) is 12.6. The number of ether oxygens (including phenoxy) is 8. The maximum absolute atomic E-state index is 13.5. The highest BCUT2D eigenvalue weighted by Gasteiger charge is 2.55. The fraction of sp³-hybridized carbons (Fsp3) is 0.850. The maximum Gasteiger partial charge on any atom is 0.338 e. The molecule has 10 atom stereocenters. The lowest BCUT2D eigenvalue weighted by atomic mass is 9.82. The number of aliphatic hydroxyl groups excluding tert-OH is 5. The summed E-state index contributed by atoms with van der Waals surface area (Å²) in [5, 5.41) is 55.7. The van der Waals surface area contributed by atoms with Crippen LogP contribution in [0.15, 0.2) is 22.8 Å². The molecule has 56 heavy (non-hydrogen) atoms. The van der Waals surface area contributed by atoms with Crippen molar-refractivity contribution in [1.82, 2.24) is 0 Å². The van der Waals surface area contributed by atoms with Gasteiger partial charge in [0, 0.05) is 13.7 Å². The quantitative estimate of drug-likeness (QED) is 0.106. The fourth-order valence-corrected chi connectivity index (χ4v) is 6.62. The molecule has 0 aliphatic carbocycles. The van der Waals surface area contributed by atoms with Crippen LogP contribution < -0.4 is 0 Å². The molecule has 324 valence electrons. The van der Waals surface area contributed by atoms with Crippen molar-refractivity contribution in [3.05, 3.63) is 24.2 Å². The highest BCUT2D eigenvalue weighted by atomic mass is 16.6. The second-order valence-corrected chi connectivity index (χ2v) is 17.3. The van der Waals surface area contributed by atoms with Crippen molar-refractivity contribution < 1.29 is 77.4 Å². The van der Waals surface area contributed by atoms with Gasteiger partial charge in [0.15, 0.2) is 6.10 Å². The minimum atomic E-state index is -1.75. The molecule has 0 radical (unpaired) electrons. The normalized spacial score (nSPS) is 26.2. The molecule has 1 aromatic heterocycles. The van der Waals surface area contributed by atoms with E-state index in [2.05, 4.69) is 0 Å². The summed E-state index contributed by atoms with van der Waals surface area (Å²) in [5.74, 6) is -2.59. The number of esters is 2. The molecule has 2 fully saturated rings. The molecule has 2 aliphatic heterocycles. The van der Waals surface area contributed by atoms with Gasteiger partial charge in [-0.25, -0.2) is 4.79 Å². The Morgan fingerprint density at radius 1 is 0.964 bits per heavy atom. The Bertz CT molecular complexity index is 1340. The molecule has 0 spiro atoms. The predicted octanol–water partition coefficient (Wildman–Crippen LogP) is 2.46. The summed E-state index contributed by atoms with van der Waals surface area (Å²) in [6, 6.07) is 3.30. The SMILES string of the molecule is COC(C)(C)C(C(=O)OCC1CCCO1)C(O)C(O)[C@@H](CO)OC(C)(C)CCOC(C)(C)C1OC(C(=O)OCc2ccco2)[C@@H](OC(C)(C)C(C)C)C(O)C1O. The Morgan fingerprint density at radius 2 is 1.64 bits per heavy atom. The van der Waals surface area contributed by atoms with Crippen molar-refractivity contribution in [3.63, 3.8) is 0 Å². The number of methoxy groups -OCH3 is 1. The molecule has 0 amide bonds. The number of hydrogen-bond acceptors (Lipinski definition) is 16. The van der Waals surface area contributed by atoms with Gasteiger partial charge in [-0.15, -0.1) is 0 Å². The number of carbonyl (C=O) groups excluding carboxylic acids is 2. The van der Waals surface area contributed by atoms with Crippen molar-refractivity contribution in [3.8, 4) is 0 Å². The van der Waals surface area contributed by atoms with Gasteiger partial charge in [0.2, 0.25) is 0 Å². The highest BCUT2D eigenvalue weighted by molar-refractivity contribution is 5.76. The van der Waals surface area contributed by atoms with Crippen LogP contribution in [0.25, 0.3) is 0 Å². The molecule has 2 saturated heterocycles. The molecule has 3 heterocycles. The summed E-state index contributed by atoms with van der Waals surface area (Å²) in [5.41, 5.74) is -4.47. The van der Waals surface area contributed by atoms with Crippen LogP contribution in [0, 0.1) is 11.8 Å². The van der Waals surface area contributed by atoms with Gasteiger partial charge in [0.25, 0.3) is 0 Å². The zero-order valence-electron chi connectivity index (χ0n) is 35.0. The van der Waals surface area contributed by atoms with E-state index >= 15 is 0 Å². The Balaban J connectivity index is 1.69. The zero-order chi connectivity index (χ0) is 42.2. The van der Waals surface area contributed by atoms with Gasteiger partial charge >= 0.3 is 11.9 Å². The Kier molecular flexibility index (Phi) is 17.3. The van der Waals surface area contributed by atoms with Crippen molar-refractivity contribution in [2.24, 2.45) is 11.8 Å². The number of rotatable bonds is 22. The molecule has 0 bridgehead atoms. The van der Waals surface area contributed by atoms with Gasteiger partial charge in [-0.1, -0.05) is 13.8 Å². The molecule has 5 N–H and O–H groups in total. The average molecular weight is 805 g/mol. The predicted molar refractivity (Wildman–Crippen MR) is 200 cm³/mol. The van der Waals surface area contributed by atoms with E-state index in [1.54, 1.807) is 53.7 Å². The van der Waals surface area contributed by atoms with E-state index in [0.717, 1.165) is 12.8 Å². The molecule has 3 rings (SSSR count).